The van der Waals surface area contributed by atoms with Crippen LogP contribution in [0, 0.1) is 11.8 Å². The quantitative estimate of drug-likeness (QED) is 0.527. The Bertz CT molecular complexity index is 1380. The number of carbonyl (C=O) groups excluding carboxylic acids is 1. The number of imidazole rings is 1. The number of amides is 1. The van der Waals surface area contributed by atoms with Gasteiger partial charge in [0.2, 0.25) is 0 Å². The second-order valence-corrected chi connectivity index (χ2v) is 7.64. The Balaban J connectivity index is 1.81. The van der Waals surface area contributed by atoms with Crippen LogP contribution in [0.25, 0.3) is 11.2 Å². The molecule has 35 heavy (non-hydrogen) atoms. The summed E-state index contributed by atoms with van der Waals surface area (Å²) in [5.41, 5.74) is 0.215. The Hall–Kier alpha value is -4.05. The van der Waals surface area contributed by atoms with Gasteiger partial charge in [0.05, 0.1) is 12.2 Å². The third kappa shape index (κ3) is 4.92. The van der Waals surface area contributed by atoms with E-state index in [2.05, 4.69) is 27.1 Å². The van der Waals surface area contributed by atoms with Crippen molar-refractivity contribution in [3.63, 3.8) is 0 Å². The number of para-hydroxylation sites is 2. The molecule has 3 aromatic rings. The average Bonchev–Trinajstić information content (AvgIpc) is 3.08. The number of rotatable bonds is 5. The number of nitrogens with zero attached hydrogens (tertiary/aromatic N) is 5. The molecule has 0 spiro atoms. The number of fused-ring (bicyclic) bond motifs is 1. The molecule has 1 aromatic carbocycles. The van der Waals surface area contributed by atoms with Crippen molar-refractivity contribution in [3.05, 3.63) is 34.7 Å². The summed E-state index contributed by atoms with van der Waals surface area (Å²) in [5.74, 6) is 3.87. The van der Waals surface area contributed by atoms with E-state index in [1.807, 2.05) is 4.90 Å². The van der Waals surface area contributed by atoms with Gasteiger partial charge in [-0.3, -0.25) is 13.9 Å². The fourth-order valence-corrected chi connectivity index (χ4v) is 3.65. The summed E-state index contributed by atoms with van der Waals surface area (Å²) in [6, 6.07) is 5.45. The van der Waals surface area contributed by atoms with E-state index in [9.17, 15) is 22.8 Å². The number of nitrogens with one attached hydrogen (secondary N) is 2. The second kappa shape index (κ2) is 9.67. The monoisotopic (exact) mass is 489 g/mol. The molecule has 1 aliphatic heterocycles. The van der Waals surface area contributed by atoms with Crippen LogP contribution in [0.2, 0.25) is 0 Å². The largest absolute Gasteiger partial charge is 0.471 e. The fourth-order valence-electron chi connectivity index (χ4n) is 3.65. The number of piperazine rings is 1. The van der Waals surface area contributed by atoms with E-state index in [1.165, 1.54) is 33.4 Å². The second-order valence-electron chi connectivity index (χ2n) is 7.64. The van der Waals surface area contributed by atoms with Crippen LogP contribution in [0.4, 0.5) is 24.7 Å². The van der Waals surface area contributed by atoms with Crippen molar-refractivity contribution < 1.29 is 22.7 Å². The van der Waals surface area contributed by atoms with E-state index in [0.717, 1.165) is 0 Å². The van der Waals surface area contributed by atoms with Crippen LogP contribution in [-0.4, -0.2) is 57.4 Å². The first kappa shape index (κ1) is 24.1. The first-order valence-corrected chi connectivity index (χ1v) is 10.7. The van der Waals surface area contributed by atoms with Crippen LogP contribution in [0.1, 0.15) is 6.92 Å². The zero-order valence-electron chi connectivity index (χ0n) is 18.9. The molecular weight excluding hydrogens is 467 g/mol. The molecule has 0 radical (unpaired) electrons. The Morgan fingerprint density at radius 2 is 1.94 bits per heavy atom. The Morgan fingerprint density at radius 1 is 1.23 bits per heavy atom. The molecule has 3 heterocycles. The highest BCUT2D eigenvalue weighted by molar-refractivity contribution is 5.96. The molecule has 184 valence electrons. The van der Waals surface area contributed by atoms with Gasteiger partial charge < -0.3 is 20.3 Å². The van der Waals surface area contributed by atoms with Crippen molar-refractivity contribution in [2.24, 2.45) is 7.05 Å². The minimum Gasteiger partial charge on any atom is -0.422 e. The maximum atomic E-state index is 12.9. The molecule has 0 saturated carbocycles. The van der Waals surface area contributed by atoms with Crippen molar-refractivity contribution in [2.75, 3.05) is 36.4 Å². The Labute approximate surface area is 197 Å². The highest BCUT2D eigenvalue weighted by atomic mass is 19.4. The van der Waals surface area contributed by atoms with Gasteiger partial charge in [-0.1, -0.05) is 18.1 Å². The summed E-state index contributed by atoms with van der Waals surface area (Å²) in [6.07, 6.45) is -5.07. The van der Waals surface area contributed by atoms with Gasteiger partial charge in [-0.25, -0.2) is 4.79 Å². The Kier molecular flexibility index (Phi) is 6.65. The van der Waals surface area contributed by atoms with E-state index in [-0.39, 0.29) is 35.3 Å². The number of carbonyl (C=O) groups is 1. The molecule has 1 amide bonds. The van der Waals surface area contributed by atoms with Gasteiger partial charge in [0, 0.05) is 33.2 Å². The molecule has 0 atom stereocenters. The van der Waals surface area contributed by atoms with E-state index in [1.54, 1.807) is 19.3 Å². The van der Waals surface area contributed by atoms with E-state index < -0.39 is 12.1 Å². The van der Waals surface area contributed by atoms with Crippen molar-refractivity contribution in [1.82, 2.24) is 24.4 Å². The van der Waals surface area contributed by atoms with Gasteiger partial charge in [-0.15, -0.1) is 5.92 Å². The lowest BCUT2D eigenvalue weighted by Crippen LogP contribution is -2.44. The molecular formula is C22H22F3N7O3. The van der Waals surface area contributed by atoms with Gasteiger partial charge in [-0.05, 0) is 19.1 Å². The number of anilines is 2. The lowest BCUT2D eigenvalue weighted by molar-refractivity contribution is -0.167. The van der Waals surface area contributed by atoms with Crippen molar-refractivity contribution in [1.29, 1.82) is 0 Å². The molecule has 0 unspecified atom stereocenters. The molecule has 2 aromatic heterocycles. The van der Waals surface area contributed by atoms with Crippen LogP contribution in [0.5, 0.6) is 11.8 Å². The molecule has 10 nitrogen and oxygen atoms in total. The van der Waals surface area contributed by atoms with Gasteiger partial charge >= 0.3 is 23.8 Å². The maximum absolute atomic E-state index is 12.9. The number of halogens is 3. The van der Waals surface area contributed by atoms with Crippen molar-refractivity contribution in [2.45, 2.75) is 19.6 Å². The topological polar surface area (TPSA) is 106 Å². The number of hydrogen-bond donors (Lipinski definition) is 2. The molecule has 13 heteroatoms. The number of aryl methyl sites for hydroxylation is 1. The number of benzene rings is 1. The number of ether oxygens (including phenoxy) is 1. The zero-order valence-corrected chi connectivity index (χ0v) is 18.9. The number of hydrogen-bond acceptors (Lipinski definition) is 7. The normalized spacial score (nSPS) is 13.9. The predicted octanol–water partition coefficient (Wildman–Crippen LogP) is 1.86. The summed E-state index contributed by atoms with van der Waals surface area (Å²) in [7, 11) is 1.55. The summed E-state index contributed by atoms with van der Waals surface area (Å²) in [4.78, 5) is 35.3. The van der Waals surface area contributed by atoms with Crippen molar-refractivity contribution >= 4 is 28.6 Å². The standard InChI is InChI=1S/C22H22F3N7O3/c1-3-4-11-32-16-17(30(2)21(32)34)28-20(29-18(16)31-12-9-26-10-13-31)35-15-8-6-5-7-14(15)27-19(33)22(23,24)25/h5-8,26H,9-13H2,1-2H3,(H,27,33). The van der Waals surface area contributed by atoms with Gasteiger partial charge in [0.1, 0.15) is 5.52 Å². The van der Waals surface area contributed by atoms with Crippen LogP contribution in [0.15, 0.2) is 29.1 Å². The molecule has 4 rings (SSSR count). The highest BCUT2D eigenvalue weighted by Gasteiger charge is 2.39. The average molecular weight is 489 g/mol. The molecule has 2 N–H and O–H groups in total. The summed E-state index contributed by atoms with van der Waals surface area (Å²) < 4.78 is 46.9. The lowest BCUT2D eigenvalue weighted by atomic mass is 10.3. The summed E-state index contributed by atoms with van der Waals surface area (Å²) >= 11 is 0. The smallest absolute Gasteiger partial charge is 0.422 e. The van der Waals surface area contributed by atoms with E-state index in [0.29, 0.717) is 37.5 Å². The van der Waals surface area contributed by atoms with Gasteiger partial charge in [0.25, 0.3) is 0 Å². The van der Waals surface area contributed by atoms with Crippen LogP contribution >= 0.6 is 0 Å². The molecule has 0 bridgehead atoms. The predicted molar refractivity (Wildman–Crippen MR) is 123 cm³/mol. The third-order valence-electron chi connectivity index (χ3n) is 5.36. The molecule has 1 fully saturated rings. The summed E-state index contributed by atoms with van der Waals surface area (Å²) in [6.45, 7) is 4.41. The summed E-state index contributed by atoms with van der Waals surface area (Å²) in [5, 5.41) is 5.04. The minimum atomic E-state index is -5.07. The third-order valence-corrected chi connectivity index (χ3v) is 5.36. The minimum absolute atomic E-state index is 0.0861. The van der Waals surface area contributed by atoms with Gasteiger partial charge in [-0.2, -0.15) is 23.1 Å². The zero-order chi connectivity index (χ0) is 25.2. The van der Waals surface area contributed by atoms with Crippen molar-refractivity contribution in [3.8, 4) is 23.6 Å². The SMILES string of the molecule is CC#CCn1c(=O)n(C)c2nc(Oc3ccccc3NC(=O)C(F)(F)F)nc(N3CCNCC3)c21. The molecule has 1 saturated heterocycles. The molecule has 1 aliphatic rings. The maximum Gasteiger partial charge on any atom is 0.471 e. The molecule has 0 aliphatic carbocycles. The van der Waals surface area contributed by atoms with Crippen LogP contribution in [-0.2, 0) is 18.4 Å². The lowest BCUT2D eigenvalue weighted by Gasteiger charge is -2.29. The number of alkyl halides is 3. The van der Waals surface area contributed by atoms with Crippen LogP contribution < -0.4 is 26.0 Å². The van der Waals surface area contributed by atoms with Crippen LogP contribution in [0.3, 0.4) is 0 Å². The first-order chi connectivity index (χ1) is 16.7. The number of aromatic nitrogens is 4. The van der Waals surface area contributed by atoms with Gasteiger partial charge in [0.15, 0.2) is 17.2 Å². The van der Waals surface area contributed by atoms with E-state index in [4.69, 9.17) is 4.74 Å². The fraction of sp³-hybridized carbons (Fsp3) is 0.364. The van der Waals surface area contributed by atoms with E-state index >= 15 is 0 Å². The first-order valence-electron chi connectivity index (χ1n) is 10.7. The highest BCUT2D eigenvalue weighted by Crippen LogP contribution is 2.32. The Morgan fingerprint density at radius 3 is 2.63 bits per heavy atom.